The molecule has 0 aliphatic carbocycles. The zero-order chi connectivity index (χ0) is 17.8. The average molecular weight is 440 g/mol. The molecule has 3 rings (SSSR count). The summed E-state index contributed by atoms with van der Waals surface area (Å²) in [7, 11) is 0. The first-order valence-corrected chi connectivity index (χ1v) is 9.93. The van der Waals surface area contributed by atoms with Gasteiger partial charge in [0.2, 0.25) is 0 Å². The summed E-state index contributed by atoms with van der Waals surface area (Å²) in [6, 6.07) is 12.0. The fraction of sp³-hybridized carbons (Fsp3) is 0.300. The number of hydrogen-bond donors (Lipinski definition) is 1. The second-order valence-corrected chi connectivity index (χ2v) is 8.24. The number of benzene rings is 2. The highest BCUT2D eigenvalue weighted by atomic mass is 79.9. The first kappa shape index (κ1) is 18.9. The fourth-order valence-corrected chi connectivity index (χ4v) is 4.27. The van der Waals surface area contributed by atoms with E-state index < -0.39 is 0 Å². The molecule has 1 heterocycles. The largest absolute Gasteiger partial charge is 0.330 e. The lowest BCUT2D eigenvalue weighted by Gasteiger charge is -2.16. The number of halogens is 3. The van der Waals surface area contributed by atoms with Gasteiger partial charge in [-0.25, -0.2) is 0 Å². The molecule has 2 aromatic carbocycles. The van der Waals surface area contributed by atoms with Crippen molar-refractivity contribution in [2.24, 2.45) is 11.7 Å². The quantitative estimate of drug-likeness (QED) is 0.604. The van der Waals surface area contributed by atoms with Gasteiger partial charge in [0.05, 0.1) is 0 Å². The van der Waals surface area contributed by atoms with Gasteiger partial charge in [-0.05, 0) is 66.4 Å². The molecule has 1 aliphatic heterocycles. The minimum Gasteiger partial charge on any atom is -0.330 e. The van der Waals surface area contributed by atoms with Crippen LogP contribution in [0.4, 0.5) is 0 Å². The van der Waals surface area contributed by atoms with Gasteiger partial charge in [-0.15, -0.1) is 0 Å². The van der Waals surface area contributed by atoms with Gasteiger partial charge in [-0.3, -0.25) is 4.90 Å². The molecule has 0 saturated carbocycles. The van der Waals surface area contributed by atoms with Crippen LogP contribution in [0.5, 0.6) is 0 Å². The van der Waals surface area contributed by atoms with Crippen molar-refractivity contribution in [3.05, 3.63) is 67.6 Å². The molecule has 0 bridgehead atoms. The molecule has 5 heteroatoms. The molecule has 0 aromatic heterocycles. The van der Waals surface area contributed by atoms with Gasteiger partial charge in [0.1, 0.15) is 0 Å². The van der Waals surface area contributed by atoms with Crippen LogP contribution in [-0.2, 0) is 6.54 Å². The molecule has 132 valence electrons. The molecular formula is C20H21BrCl2N2. The summed E-state index contributed by atoms with van der Waals surface area (Å²) in [6.45, 7) is 3.88. The highest BCUT2D eigenvalue weighted by Gasteiger charge is 2.21. The second kappa shape index (κ2) is 8.70. The summed E-state index contributed by atoms with van der Waals surface area (Å²) >= 11 is 15.9. The molecule has 1 unspecified atom stereocenters. The Morgan fingerprint density at radius 3 is 2.68 bits per heavy atom. The fourth-order valence-electron chi connectivity index (χ4n) is 3.19. The van der Waals surface area contributed by atoms with E-state index in [-0.39, 0.29) is 0 Å². The Balaban J connectivity index is 1.74. The summed E-state index contributed by atoms with van der Waals surface area (Å²) in [5, 5.41) is 1.48. The van der Waals surface area contributed by atoms with E-state index in [0.717, 1.165) is 51.8 Å². The maximum absolute atomic E-state index is 6.33. The predicted octanol–water partition coefficient (Wildman–Crippen LogP) is 5.71. The predicted molar refractivity (Wildman–Crippen MR) is 112 cm³/mol. The zero-order valence-corrected chi connectivity index (χ0v) is 17.0. The van der Waals surface area contributed by atoms with Crippen LogP contribution in [0.15, 0.2) is 40.9 Å². The Hall–Kier alpha value is -0.840. The lowest BCUT2D eigenvalue weighted by molar-refractivity contribution is 0.318. The van der Waals surface area contributed by atoms with E-state index in [1.54, 1.807) is 0 Å². The van der Waals surface area contributed by atoms with Crippen molar-refractivity contribution >= 4 is 51.3 Å². The summed E-state index contributed by atoms with van der Waals surface area (Å²) < 4.78 is 0.975. The Labute approximate surface area is 167 Å². The lowest BCUT2D eigenvalue weighted by atomic mass is 10.1. The van der Waals surface area contributed by atoms with Crippen LogP contribution >= 0.6 is 39.1 Å². The Morgan fingerprint density at radius 2 is 1.96 bits per heavy atom. The van der Waals surface area contributed by atoms with E-state index in [2.05, 4.69) is 39.0 Å². The third-order valence-corrected chi connectivity index (χ3v) is 5.65. The highest BCUT2D eigenvalue weighted by Crippen LogP contribution is 2.25. The van der Waals surface area contributed by atoms with Crippen molar-refractivity contribution in [2.75, 3.05) is 19.6 Å². The molecule has 1 saturated heterocycles. The van der Waals surface area contributed by atoms with E-state index in [9.17, 15) is 0 Å². The Bertz CT molecular complexity index is 776. The van der Waals surface area contributed by atoms with Crippen LogP contribution in [0.2, 0.25) is 10.0 Å². The molecular weight excluding hydrogens is 419 g/mol. The number of nitrogens with zero attached hydrogens (tertiary/aromatic N) is 1. The van der Waals surface area contributed by atoms with E-state index in [0.29, 0.717) is 5.92 Å². The van der Waals surface area contributed by atoms with Crippen molar-refractivity contribution in [1.82, 2.24) is 4.90 Å². The average Bonchev–Trinajstić information content (AvgIpc) is 3.01. The molecule has 25 heavy (non-hydrogen) atoms. The molecule has 1 atom stereocenters. The number of likely N-dealkylation sites (tertiary alicyclic amines) is 1. The van der Waals surface area contributed by atoms with E-state index in [1.165, 1.54) is 12.0 Å². The summed E-state index contributed by atoms with van der Waals surface area (Å²) in [4.78, 5) is 2.45. The SMILES string of the molecule is NCC1CCN(Cc2cc(Cl)cc(/C=C/c3ccc(Cl)cc3Br)c2)C1. The molecule has 0 amide bonds. The van der Waals surface area contributed by atoms with Crippen molar-refractivity contribution in [1.29, 1.82) is 0 Å². The van der Waals surface area contributed by atoms with Gasteiger partial charge in [0.25, 0.3) is 0 Å². The maximum atomic E-state index is 6.33. The molecule has 1 fully saturated rings. The molecule has 0 radical (unpaired) electrons. The standard InChI is InChI=1S/C20H21BrCl2N2/c21-20-10-18(22)4-3-17(20)2-1-14-7-16(9-19(23)8-14)13-25-6-5-15(11-24)12-25/h1-4,7-10,15H,5-6,11-13,24H2/b2-1+. The van der Waals surface area contributed by atoms with Crippen molar-refractivity contribution in [3.63, 3.8) is 0 Å². The van der Waals surface area contributed by atoms with Crippen LogP contribution in [0, 0.1) is 5.92 Å². The van der Waals surface area contributed by atoms with Crippen LogP contribution < -0.4 is 5.73 Å². The van der Waals surface area contributed by atoms with Gasteiger partial charge in [-0.2, -0.15) is 0 Å². The Morgan fingerprint density at radius 1 is 1.12 bits per heavy atom. The van der Waals surface area contributed by atoms with Gasteiger partial charge in [-0.1, -0.05) is 63.4 Å². The van der Waals surface area contributed by atoms with E-state index >= 15 is 0 Å². The maximum Gasteiger partial charge on any atom is 0.0417 e. The number of nitrogens with two attached hydrogens (primary N) is 1. The zero-order valence-electron chi connectivity index (χ0n) is 13.9. The van der Waals surface area contributed by atoms with Crippen LogP contribution in [0.25, 0.3) is 12.2 Å². The minimum atomic E-state index is 0.626. The third kappa shape index (κ3) is 5.32. The molecule has 2 nitrogen and oxygen atoms in total. The summed E-state index contributed by atoms with van der Waals surface area (Å²) in [5.74, 6) is 0.626. The highest BCUT2D eigenvalue weighted by molar-refractivity contribution is 9.10. The van der Waals surface area contributed by atoms with Crippen molar-refractivity contribution < 1.29 is 0 Å². The van der Waals surface area contributed by atoms with E-state index in [1.807, 2.05) is 30.3 Å². The molecule has 0 spiro atoms. The molecule has 1 aliphatic rings. The molecule has 2 N–H and O–H groups in total. The number of hydrogen-bond acceptors (Lipinski definition) is 2. The molecule has 2 aromatic rings. The van der Waals surface area contributed by atoms with Crippen LogP contribution in [0.3, 0.4) is 0 Å². The van der Waals surface area contributed by atoms with E-state index in [4.69, 9.17) is 28.9 Å². The van der Waals surface area contributed by atoms with Crippen LogP contribution in [-0.4, -0.2) is 24.5 Å². The smallest absolute Gasteiger partial charge is 0.0417 e. The van der Waals surface area contributed by atoms with Crippen molar-refractivity contribution in [2.45, 2.75) is 13.0 Å². The first-order chi connectivity index (χ1) is 12.0. The normalized spacial score (nSPS) is 18.3. The van der Waals surface area contributed by atoms with Crippen LogP contribution in [0.1, 0.15) is 23.1 Å². The van der Waals surface area contributed by atoms with Gasteiger partial charge in [0, 0.05) is 27.6 Å². The summed E-state index contributed by atoms with van der Waals surface area (Å²) in [6.07, 6.45) is 5.33. The minimum absolute atomic E-state index is 0.626. The number of rotatable bonds is 5. The van der Waals surface area contributed by atoms with Gasteiger partial charge < -0.3 is 5.73 Å². The monoisotopic (exact) mass is 438 g/mol. The topological polar surface area (TPSA) is 29.3 Å². The van der Waals surface area contributed by atoms with Gasteiger partial charge in [0.15, 0.2) is 0 Å². The van der Waals surface area contributed by atoms with Crippen molar-refractivity contribution in [3.8, 4) is 0 Å². The first-order valence-electron chi connectivity index (χ1n) is 8.38. The summed E-state index contributed by atoms with van der Waals surface area (Å²) in [5.41, 5.74) is 9.20. The Kier molecular flexibility index (Phi) is 6.59. The van der Waals surface area contributed by atoms with Gasteiger partial charge >= 0.3 is 0 Å². The second-order valence-electron chi connectivity index (χ2n) is 6.52. The third-order valence-electron chi connectivity index (χ3n) is 4.51. The lowest BCUT2D eigenvalue weighted by Crippen LogP contribution is -2.22.